The number of carboxylic acid groups (broad SMARTS) is 1. The Morgan fingerprint density at radius 3 is 2.70 bits per heavy atom. The van der Waals surface area contributed by atoms with E-state index >= 15 is 0 Å². The predicted molar refractivity (Wildman–Crippen MR) is 75.5 cm³/mol. The van der Waals surface area contributed by atoms with Crippen molar-refractivity contribution in [2.24, 2.45) is 0 Å². The van der Waals surface area contributed by atoms with E-state index in [0.717, 1.165) is 10.9 Å². The van der Waals surface area contributed by atoms with Crippen molar-refractivity contribution in [3.63, 3.8) is 0 Å². The van der Waals surface area contributed by atoms with Crippen LogP contribution < -0.4 is 5.32 Å². The first-order chi connectivity index (χ1) is 9.60. The Kier molecular flexibility index (Phi) is 4.30. The molecule has 1 heterocycles. The molecule has 0 saturated heterocycles. The molecule has 0 saturated carbocycles. The molecular weight excluding hydrogens is 256 g/mol. The van der Waals surface area contributed by atoms with Crippen LogP contribution in [-0.4, -0.2) is 28.0 Å². The number of nitrogens with zero attached hydrogens (tertiary/aromatic N) is 1. The minimum absolute atomic E-state index is 0.0875. The predicted octanol–water partition coefficient (Wildman–Crippen LogP) is 2.22. The van der Waals surface area contributed by atoms with Crippen LogP contribution in [0.3, 0.4) is 0 Å². The number of fused-ring (bicyclic) bond motifs is 1. The maximum Gasteiger partial charge on any atom is 0.305 e. The SMILES string of the molecule is CCC(CC(=O)O)NC(=O)c1ccc2ccccc2n1. The van der Waals surface area contributed by atoms with Crippen LogP contribution in [0.5, 0.6) is 0 Å². The fraction of sp³-hybridized carbons (Fsp3) is 0.267. The Morgan fingerprint density at radius 1 is 1.25 bits per heavy atom. The summed E-state index contributed by atoms with van der Waals surface area (Å²) in [6.45, 7) is 1.84. The molecule has 0 spiro atoms. The molecule has 0 aliphatic carbocycles. The van der Waals surface area contributed by atoms with E-state index in [4.69, 9.17) is 5.11 Å². The summed E-state index contributed by atoms with van der Waals surface area (Å²) in [5.74, 6) is -1.27. The van der Waals surface area contributed by atoms with Gasteiger partial charge in [0.15, 0.2) is 0 Å². The number of amides is 1. The van der Waals surface area contributed by atoms with Crippen LogP contribution >= 0.6 is 0 Å². The number of pyridine rings is 1. The number of hydrogen-bond donors (Lipinski definition) is 2. The zero-order valence-electron chi connectivity index (χ0n) is 11.2. The number of aromatic nitrogens is 1. The number of carbonyl (C=O) groups excluding carboxylic acids is 1. The van der Waals surface area contributed by atoms with Gasteiger partial charge in [-0.15, -0.1) is 0 Å². The Balaban J connectivity index is 2.16. The first-order valence-electron chi connectivity index (χ1n) is 6.48. The second-order valence-corrected chi connectivity index (χ2v) is 4.57. The largest absolute Gasteiger partial charge is 0.481 e. The lowest BCUT2D eigenvalue weighted by molar-refractivity contribution is -0.137. The van der Waals surface area contributed by atoms with Gasteiger partial charge in [0, 0.05) is 11.4 Å². The molecule has 20 heavy (non-hydrogen) atoms. The minimum Gasteiger partial charge on any atom is -0.481 e. The molecule has 2 rings (SSSR count). The summed E-state index contributed by atoms with van der Waals surface area (Å²) in [6, 6.07) is 10.6. The zero-order valence-corrected chi connectivity index (χ0v) is 11.2. The first-order valence-corrected chi connectivity index (χ1v) is 6.48. The van der Waals surface area contributed by atoms with Gasteiger partial charge in [-0.25, -0.2) is 4.98 Å². The quantitative estimate of drug-likeness (QED) is 0.874. The summed E-state index contributed by atoms with van der Waals surface area (Å²) in [5, 5.41) is 12.4. The molecule has 1 aromatic carbocycles. The topological polar surface area (TPSA) is 79.3 Å². The van der Waals surface area contributed by atoms with Crippen LogP contribution in [0.4, 0.5) is 0 Å². The van der Waals surface area contributed by atoms with Crippen molar-refractivity contribution in [1.82, 2.24) is 10.3 Å². The van der Waals surface area contributed by atoms with Gasteiger partial charge in [0.1, 0.15) is 5.69 Å². The van der Waals surface area contributed by atoms with E-state index in [9.17, 15) is 9.59 Å². The molecule has 0 aliphatic rings. The molecule has 0 fully saturated rings. The van der Waals surface area contributed by atoms with E-state index in [1.165, 1.54) is 0 Å². The number of nitrogens with one attached hydrogen (secondary N) is 1. The Hall–Kier alpha value is -2.43. The first kappa shape index (κ1) is 14.0. The molecule has 1 amide bonds. The van der Waals surface area contributed by atoms with Crippen molar-refractivity contribution in [3.05, 3.63) is 42.1 Å². The molecular formula is C15H16N2O3. The highest BCUT2D eigenvalue weighted by atomic mass is 16.4. The number of aliphatic carboxylic acids is 1. The highest BCUT2D eigenvalue weighted by molar-refractivity contribution is 5.95. The number of benzene rings is 1. The Labute approximate surface area is 116 Å². The van der Waals surface area contributed by atoms with Crippen molar-refractivity contribution in [2.45, 2.75) is 25.8 Å². The molecule has 5 heteroatoms. The number of carbonyl (C=O) groups is 2. The lowest BCUT2D eigenvalue weighted by atomic mass is 10.1. The molecule has 1 atom stereocenters. The van der Waals surface area contributed by atoms with E-state index in [0.29, 0.717) is 12.1 Å². The maximum absolute atomic E-state index is 12.1. The highest BCUT2D eigenvalue weighted by Gasteiger charge is 2.16. The van der Waals surface area contributed by atoms with Crippen LogP contribution in [0, 0.1) is 0 Å². The van der Waals surface area contributed by atoms with Crippen LogP contribution in [0.2, 0.25) is 0 Å². The third-order valence-corrected chi connectivity index (χ3v) is 3.08. The molecule has 1 unspecified atom stereocenters. The molecule has 104 valence electrons. The average molecular weight is 272 g/mol. The van der Waals surface area contributed by atoms with E-state index in [2.05, 4.69) is 10.3 Å². The summed E-state index contributed by atoms with van der Waals surface area (Å²) in [7, 11) is 0. The Morgan fingerprint density at radius 2 is 2.00 bits per heavy atom. The fourth-order valence-electron chi connectivity index (χ4n) is 1.96. The normalized spacial score (nSPS) is 12.1. The summed E-state index contributed by atoms with van der Waals surface area (Å²) >= 11 is 0. The van der Waals surface area contributed by atoms with Crippen molar-refractivity contribution < 1.29 is 14.7 Å². The summed E-state index contributed by atoms with van der Waals surface area (Å²) in [6.07, 6.45) is 0.474. The lowest BCUT2D eigenvalue weighted by Gasteiger charge is -2.14. The number of rotatable bonds is 5. The number of carboxylic acids is 1. The smallest absolute Gasteiger partial charge is 0.305 e. The van der Waals surface area contributed by atoms with Gasteiger partial charge in [-0.2, -0.15) is 0 Å². The van der Waals surface area contributed by atoms with Gasteiger partial charge in [-0.1, -0.05) is 31.2 Å². The van der Waals surface area contributed by atoms with E-state index in [1.807, 2.05) is 37.3 Å². The lowest BCUT2D eigenvalue weighted by Crippen LogP contribution is -2.36. The molecule has 1 aromatic heterocycles. The van der Waals surface area contributed by atoms with Crippen LogP contribution in [0.15, 0.2) is 36.4 Å². The van der Waals surface area contributed by atoms with Gasteiger partial charge in [0.2, 0.25) is 0 Å². The van der Waals surface area contributed by atoms with Gasteiger partial charge in [0.05, 0.1) is 11.9 Å². The summed E-state index contributed by atoms with van der Waals surface area (Å²) in [5.41, 5.74) is 1.04. The van der Waals surface area contributed by atoms with Gasteiger partial charge in [-0.3, -0.25) is 9.59 Å². The van der Waals surface area contributed by atoms with Crippen LogP contribution in [-0.2, 0) is 4.79 Å². The monoisotopic (exact) mass is 272 g/mol. The van der Waals surface area contributed by atoms with Crippen LogP contribution in [0.1, 0.15) is 30.3 Å². The van der Waals surface area contributed by atoms with Gasteiger partial charge < -0.3 is 10.4 Å². The van der Waals surface area contributed by atoms with Crippen molar-refractivity contribution in [1.29, 1.82) is 0 Å². The molecule has 0 bridgehead atoms. The molecule has 0 aliphatic heterocycles. The highest BCUT2D eigenvalue weighted by Crippen LogP contribution is 2.12. The minimum atomic E-state index is -0.927. The average Bonchev–Trinajstić information content (AvgIpc) is 2.45. The zero-order chi connectivity index (χ0) is 14.5. The van der Waals surface area contributed by atoms with Gasteiger partial charge in [0.25, 0.3) is 5.91 Å². The fourth-order valence-corrected chi connectivity index (χ4v) is 1.96. The Bertz CT molecular complexity index is 640. The van der Waals surface area contributed by atoms with Crippen LogP contribution in [0.25, 0.3) is 10.9 Å². The van der Waals surface area contributed by atoms with E-state index < -0.39 is 5.97 Å². The van der Waals surface area contributed by atoms with E-state index in [1.54, 1.807) is 6.07 Å². The second-order valence-electron chi connectivity index (χ2n) is 4.57. The van der Waals surface area contributed by atoms with Crippen molar-refractivity contribution >= 4 is 22.8 Å². The van der Waals surface area contributed by atoms with Gasteiger partial charge >= 0.3 is 5.97 Å². The van der Waals surface area contributed by atoms with Crippen molar-refractivity contribution in [2.75, 3.05) is 0 Å². The second kappa shape index (κ2) is 6.14. The summed E-state index contributed by atoms with van der Waals surface area (Å²) in [4.78, 5) is 27.0. The molecule has 0 radical (unpaired) electrons. The standard InChI is InChI=1S/C15H16N2O3/c1-2-11(9-14(18)19)16-15(20)13-8-7-10-5-3-4-6-12(10)17-13/h3-8,11H,2,9H2,1H3,(H,16,20)(H,18,19). The third kappa shape index (κ3) is 3.32. The van der Waals surface area contributed by atoms with Crippen molar-refractivity contribution in [3.8, 4) is 0 Å². The molecule has 5 nitrogen and oxygen atoms in total. The summed E-state index contributed by atoms with van der Waals surface area (Å²) < 4.78 is 0. The third-order valence-electron chi connectivity index (χ3n) is 3.08. The number of para-hydroxylation sites is 1. The molecule has 2 aromatic rings. The maximum atomic E-state index is 12.1. The van der Waals surface area contributed by atoms with E-state index in [-0.39, 0.29) is 18.4 Å². The van der Waals surface area contributed by atoms with Gasteiger partial charge in [-0.05, 0) is 18.6 Å². The molecule has 2 N–H and O–H groups in total. The number of hydrogen-bond acceptors (Lipinski definition) is 3.